The van der Waals surface area contributed by atoms with Crippen LogP contribution in [0, 0.1) is 5.92 Å². The maximum Gasteiger partial charge on any atom is 0.236 e. The minimum Gasteiger partial charge on any atom is -0.354 e. The molecule has 5 heteroatoms. The predicted octanol–water partition coefficient (Wildman–Crippen LogP) is 0.913. The molecule has 0 aromatic heterocycles. The number of nitrogens with one attached hydrogen (secondary N) is 1. The highest BCUT2D eigenvalue weighted by Crippen LogP contribution is 2.17. The van der Waals surface area contributed by atoms with Gasteiger partial charge in [-0.3, -0.25) is 4.79 Å². The second kappa shape index (κ2) is 8.02. The van der Waals surface area contributed by atoms with Crippen LogP contribution in [0.5, 0.6) is 0 Å². The number of thioether (sulfide) groups is 1. The molecule has 3 N–H and O–H groups in total. The van der Waals surface area contributed by atoms with Crippen molar-refractivity contribution in [1.82, 2.24) is 10.2 Å². The maximum atomic E-state index is 11.8. The Kier molecular flexibility index (Phi) is 7.04. The van der Waals surface area contributed by atoms with Crippen LogP contribution in [0.1, 0.15) is 26.7 Å². The molecule has 1 amide bonds. The van der Waals surface area contributed by atoms with E-state index in [1.807, 2.05) is 6.26 Å². The summed E-state index contributed by atoms with van der Waals surface area (Å²) >= 11 is 1.73. The van der Waals surface area contributed by atoms with Crippen molar-refractivity contribution in [2.24, 2.45) is 11.7 Å². The summed E-state index contributed by atoms with van der Waals surface area (Å²) in [5.41, 5.74) is 5.83. The van der Waals surface area contributed by atoms with Crippen molar-refractivity contribution in [2.75, 3.05) is 31.6 Å². The lowest BCUT2D eigenvalue weighted by molar-refractivity contribution is -0.122. The van der Waals surface area contributed by atoms with Crippen molar-refractivity contribution in [3.63, 3.8) is 0 Å². The van der Waals surface area contributed by atoms with E-state index < -0.39 is 0 Å². The molecular formula is C13H27N3OS. The molecular weight excluding hydrogens is 246 g/mol. The Morgan fingerprint density at radius 1 is 1.56 bits per heavy atom. The minimum absolute atomic E-state index is 0.00652. The monoisotopic (exact) mass is 273 g/mol. The zero-order valence-corrected chi connectivity index (χ0v) is 12.6. The van der Waals surface area contributed by atoms with Gasteiger partial charge in [0.05, 0.1) is 6.04 Å². The molecule has 0 aromatic rings. The molecule has 0 aliphatic carbocycles. The fourth-order valence-electron chi connectivity index (χ4n) is 2.25. The number of amides is 1. The van der Waals surface area contributed by atoms with E-state index in [0.717, 1.165) is 31.8 Å². The molecule has 1 heterocycles. The van der Waals surface area contributed by atoms with Gasteiger partial charge in [0.15, 0.2) is 0 Å². The number of rotatable bonds is 7. The second-order valence-electron chi connectivity index (χ2n) is 5.38. The topological polar surface area (TPSA) is 58.4 Å². The molecule has 1 rings (SSSR count). The van der Waals surface area contributed by atoms with Crippen molar-refractivity contribution in [2.45, 2.75) is 38.8 Å². The highest BCUT2D eigenvalue weighted by atomic mass is 32.2. The summed E-state index contributed by atoms with van der Waals surface area (Å²) in [6, 6.07) is 0.259. The van der Waals surface area contributed by atoms with E-state index in [0.29, 0.717) is 12.0 Å². The largest absolute Gasteiger partial charge is 0.354 e. The molecule has 2 atom stereocenters. The molecule has 1 unspecified atom stereocenters. The summed E-state index contributed by atoms with van der Waals surface area (Å²) < 4.78 is 0. The Hall–Kier alpha value is -0.260. The number of likely N-dealkylation sites (tertiary alicyclic amines) is 1. The molecule has 0 saturated carbocycles. The fraction of sp³-hybridized carbons (Fsp3) is 0.923. The standard InChI is InChI=1S/C13H27N3OS/c1-10(2)16-6-4-11(9-16)8-15-13(17)12(14)5-7-18-3/h10-12H,4-9,14H2,1-3H3,(H,15,17)/t11?,12-/m1/s1. The first-order chi connectivity index (χ1) is 8.54. The van der Waals surface area contributed by atoms with Gasteiger partial charge >= 0.3 is 0 Å². The van der Waals surface area contributed by atoms with Crippen molar-refractivity contribution in [3.05, 3.63) is 0 Å². The number of hydrogen-bond acceptors (Lipinski definition) is 4. The normalized spacial score (nSPS) is 22.4. The van der Waals surface area contributed by atoms with Crippen LogP contribution in [0.15, 0.2) is 0 Å². The first-order valence-corrected chi connectivity index (χ1v) is 8.20. The summed E-state index contributed by atoms with van der Waals surface area (Å²) in [7, 11) is 0. The summed E-state index contributed by atoms with van der Waals surface area (Å²) in [6.07, 6.45) is 3.97. The fourth-order valence-corrected chi connectivity index (χ4v) is 2.74. The Balaban J connectivity index is 2.19. The molecule has 1 saturated heterocycles. The van der Waals surface area contributed by atoms with E-state index in [4.69, 9.17) is 5.73 Å². The Labute approximate surface area is 115 Å². The van der Waals surface area contributed by atoms with Crippen molar-refractivity contribution >= 4 is 17.7 Å². The van der Waals surface area contributed by atoms with E-state index >= 15 is 0 Å². The highest BCUT2D eigenvalue weighted by molar-refractivity contribution is 7.98. The van der Waals surface area contributed by atoms with Crippen LogP contribution >= 0.6 is 11.8 Å². The van der Waals surface area contributed by atoms with Crippen LogP contribution in [0.25, 0.3) is 0 Å². The quantitative estimate of drug-likeness (QED) is 0.724. The van der Waals surface area contributed by atoms with E-state index in [2.05, 4.69) is 24.1 Å². The minimum atomic E-state index is -0.347. The third kappa shape index (κ3) is 5.16. The smallest absolute Gasteiger partial charge is 0.236 e. The highest BCUT2D eigenvalue weighted by Gasteiger charge is 2.24. The van der Waals surface area contributed by atoms with Crippen LogP contribution in [-0.4, -0.2) is 54.5 Å². The zero-order chi connectivity index (χ0) is 13.5. The molecule has 0 radical (unpaired) electrons. The Bertz CT molecular complexity index is 261. The predicted molar refractivity (Wildman–Crippen MR) is 78.8 cm³/mol. The summed E-state index contributed by atoms with van der Waals surface area (Å²) in [5.74, 6) is 1.54. The number of nitrogens with zero attached hydrogens (tertiary/aromatic N) is 1. The van der Waals surface area contributed by atoms with Gasteiger partial charge in [-0.05, 0) is 51.2 Å². The maximum absolute atomic E-state index is 11.8. The van der Waals surface area contributed by atoms with Crippen LogP contribution in [0.4, 0.5) is 0 Å². The summed E-state index contributed by atoms with van der Waals surface area (Å²) in [6.45, 7) is 7.46. The third-order valence-electron chi connectivity index (χ3n) is 3.58. The van der Waals surface area contributed by atoms with Gasteiger partial charge in [0.2, 0.25) is 5.91 Å². The van der Waals surface area contributed by atoms with Crippen molar-refractivity contribution < 1.29 is 4.79 Å². The van der Waals surface area contributed by atoms with Crippen LogP contribution in [0.2, 0.25) is 0 Å². The van der Waals surface area contributed by atoms with Crippen molar-refractivity contribution in [3.8, 4) is 0 Å². The van der Waals surface area contributed by atoms with Crippen LogP contribution < -0.4 is 11.1 Å². The van der Waals surface area contributed by atoms with E-state index in [9.17, 15) is 4.79 Å². The van der Waals surface area contributed by atoms with E-state index in [1.165, 1.54) is 6.42 Å². The molecule has 4 nitrogen and oxygen atoms in total. The molecule has 18 heavy (non-hydrogen) atoms. The first-order valence-electron chi connectivity index (χ1n) is 6.80. The van der Waals surface area contributed by atoms with Gasteiger partial charge < -0.3 is 16.0 Å². The van der Waals surface area contributed by atoms with E-state index in [-0.39, 0.29) is 11.9 Å². The molecule has 106 valence electrons. The van der Waals surface area contributed by atoms with Crippen molar-refractivity contribution in [1.29, 1.82) is 0 Å². The van der Waals surface area contributed by atoms with Gasteiger partial charge in [0.1, 0.15) is 0 Å². The van der Waals surface area contributed by atoms with Gasteiger partial charge in [-0.2, -0.15) is 11.8 Å². The number of carbonyl (C=O) groups excluding carboxylic acids is 1. The van der Waals surface area contributed by atoms with Gasteiger partial charge in [-0.25, -0.2) is 0 Å². The molecule has 0 spiro atoms. The van der Waals surface area contributed by atoms with Gasteiger partial charge in [0.25, 0.3) is 0 Å². The number of hydrogen-bond donors (Lipinski definition) is 2. The number of nitrogens with two attached hydrogens (primary N) is 1. The number of carbonyl (C=O) groups is 1. The SMILES string of the molecule is CSCC[C@@H](N)C(=O)NCC1CCN(C(C)C)C1. The molecule has 0 aromatic carbocycles. The first kappa shape index (κ1) is 15.8. The lowest BCUT2D eigenvalue weighted by Crippen LogP contribution is -2.43. The van der Waals surface area contributed by atoms with Crippen LogP contribution in [-0.2, 0) is 4.79 Å². The van der Waals surface area contributed by atoms with Gasteiger partial charge in [-0.1, -0.05) is 0 Å². The Morgan fingerprint density at radius 3 is 2.83 bits per heavy atom. The van der Waals surface area contributed by atoms with Crippen LogP contribution in [0.3, 0.4) is 0 Å². The molecule has 1 aliphatic rings. The van der Waals surface area contributed by atoms with E-state index in [1.54, 1.807) is 11.8 Å². The average molecular weight is 273 g/mol. The zero-order valence-electron chi connectivity index (χ0n) is 11.8. The third-order valence-corrected chi connectivity index (χ3v) is 4.23. The summed E-state index contributed by atoms with van der Waals surface area (Å²) in [4.78, 5) is 14.2. The molecule has 1 aliphatic heterocycles. The van der Waals surface area contributed by atoms with Gasteiger partial charge in [-0.15, -0.1) is 0 Å². The lowest BCUT2D eigenvalue weighted by Gasteiger charge is -2.20. The average Bonchev–Trinajstić information content (AvgIpc) is 2.81. The van der Waals surface area contributed by atoms with Gasteiger partial charge in [0, 0.05) is 19.1 Å². The second-order valence-corrected chi connectivity index (χ2v) is 6.36. The molecule has 1 fully saturated rings. The Morgan fingerprint density at radius 2 is 2.28 bits per heavy atom. The lowest BCUT2D eigenvalue weighted by atomic mass is 10.1. The summed E-state index contributed by atoms with van der Waals surface area (Å²) in [5, 5.41) is 2.99. The molecule has 0 bridgehead atoms.